The van der Waals surface area contributed by atoms with Gasteiger partial charge in [0.2, 0.25) is 0 Å². The van der Waals surface area contributed by atoms with E-state index in [1.54, 1.807) is 16.9 Å². The summed E-state index contributed by atoms with van der Waals surface area (Å²) in [5, 5.41) is 9.87. The van der Waals surface area contributed by atoms with Gasteiger partial charge in [-0.1, -0.05) is 0 Å². The average molecular weight is 196 g/mol. The Morgan fingerprint density at radius 1 is 1.79 bits per heavy atom. The first-order valence-electron chi connectivity index (χ1n) is 4.40. The summed E-state index contributed by atoms with van der Waals surface area (Å²) in [5.41, 5.74) is 0. The van der Waals surface area contributed by atoms with E-state index in [9.17, 15) is 4.79 Å². The highest BCUT2D eigenvalue weighted by atomic mass is 16.5. The van der Waals surface area contributed by atoms with E-state index in [0.29, 0.717) is 11.9 Å². The van der Waals surface area contributed by atoms with E-state index in [1.807, 2.05) is 0 Å². The lowest BCUT2D eigenvalue weighted by atomic mass is 10.2. The molecule has 0 saturated carbocycles. The second kappa shape index (κ2) is 3.67. The van der Waals surface area contributed by atoms with Crippen LogP contribution in [0.2, 0.25) is 0 Å². The van der Waals surface area contributed by atoms with Crippen LogP contribution in [0.4, 0.5) is 10.6 Å². The zero-order valence-electron chi connectivity index (χ0n) is 7.86. The predicted molar refractivity (Wildman–Crippen MR) is 50.2 cm³/mol. The van der Waals surface area contributed by atoms with Crippen LogP contribution in [0.3, 0.4) is 0 Å². The van der Waals surface area contributed by atoms with Gasteiger partial charge in [0.25, 0.3) is 0 Å². The molecule has 0 unspecified atom stereocenters. The van der Waals surface area contributed by atoms with Gasteiger partial charge in [0.05, 0.1) is 19.3 Å². The SMILES string of the molecule is COC(=O)Nc1ccnn1C1CNC1. The fourth-order valence-corrected chi connectivity index (χ4v) is 1.31. The quantitative estimate of drug-likeness (QED) is 0.709. The number of aromatic nitrogens is 2. The molecule has 1 fully saturated rings. The van der Waals surface area contributed by atoms with Crippen molar-refractivity contribution in [3.63, 3.8) is 0 Å². The standard InChI is InChI=1S/C8H12N4O2/c1-14-8(13)11-7-2-3-10-12(7)6-4-9-5-6/h2-3,6,9H,4-5H2,1H3,(H,11,13). The topological polar surface area (TPSA) is 68.2 Å². The Kier molecular flexibility index (Phi) is 2.36. The molecule has 1 saturated heterocycles. The van der Waals surface area contributed by atoms with Gasteiger partial charge in [-0.3, -0.25) is 5.32 Å². The first kappa shape index (κ1) is 9.01. The Labute approximate surface area is 81.2 Å². The smallest absolute Gasteiger partial charge is 0.412 e. The largest absolute Gasteiger partial charge is 0.453 e. The second-order valence-electron chi connectivity index (χ2n) is 3.09. The number of hydrogen-bond donors (Lipinski definition) is 2. The maximum atomic E-state index is 11.0. The van der Waals surface area contributed by atoms with Crippen LogP contribution in [0.1, 0.15) is 6.04 Å². The van der Waals surface area contributed by atoms with Gasteiger partial charge in [-0.2, -0.15) is 5.10 Å². The first-order valence-corrected chi connectivity index (χ1v) is 4.40. The average Bonchev–Trinajstić information content (AvgIpc) is 2.50. The lowest BCUT2D eigenvalue weighted by molar-refractivity contribution is 0.186. The Morgan fingerprint density at radius 2 is 2.57 bits per heavy atom. The van der Waals surface area contributed by atoms with Gasteiger partial charge < -0.3 is 10.1 Å². The number of ether oxygens (including phenoxy) is 1. The minimum absolute atomic E-state index is 0.331. The fraction of sp³-hybridized carbons (Fsp3) is 0.500. The molecule has 2 rings (SSSR count). The van der Waals surface area contributed by atoms with E-state index in [0.717, 1.165) is 13.1 Å². The lowest BCUT2D eigenvalue weighted by Gasteiger charge is -2.28. The normalized spacial score (nSPS) is 16.1. The van der Waals surface area contributed by atoms with E-state index in [1.165, 1.54) is 7.11 Å². The molecule has 1 aromatic rings. The maximum absolute atomic E-state index is 11.0. The van der Waals surface area contributed by atoms with Crippen molar-refractivity contribution in [2.75, 3.05) is 25.5 Å². The number of amides is 1. The number of rotatable bonds is 2. The molecule has 2 heterocycles. The zero-order chi connectivity index (χ0) is 9.97. The molecule has 6 heteroatoms. The maximum Gasteiger partial charge on any atom is 0.412 e. The van der Waals surface area contributed by atoms with Crippen LogP contribution in [0.25, 0.3) is 0 Å². The number of methoxy groups -OCH3 is 1. The Bertz CT molecular complexity index is 332. The molecule has 2 N–H and O–H groups in total. The van der Waals surface area contributed by atoms with E-state index >= 15 is 0 Å². The molecule has 1 aliphatic heterocycles. The van der Waals surface area contributed by atoms with E-state index < -0.39 is 6.09 Å². The van der Waals surface area contributed by atoms with Gasteiger partial charge >= 0.3 is 6.09 Å². The number of nitrogens with one attached hydrogen (secondary N) is 2. The highest BCUT2D eigenvalue weighted by molar-refractivity contribution is 5.83. The van der Waals surface area contributed by atoms with Crippen LogP contribution in [0, 0.1) is 0 Å². The van der Waals surface area contributed by atoms with Gasteiger partial charge in [0.1, 0.15) is 5.82 Å². The van der Waals surface area contributed by atoms with Crippen LogP contribution in [0.15, 0.2) is 12.3 Å². The molecule has 14 heavy (non-hydrogen) atoms. The highest BCUT2D eigenvalue weighted by Gasteiger charge is 2.22. The summed E-state index contributed by atoms with van der Waals surface area (Å²) in [6, 6.07) is 2.08. The van der Waals surface area contributed by atoms with Gasteiger partial charge in [-0.05, 0) is 0 Å². The third-order valence-corrected chi connectivity index (χ3v) is 2.19. The van der Waals surface area contributed by atoms with Crippen molar-refractivity contribution in [2.24, 2.45) is 0 Å². The number of hydrogen-bond acceptors (Lipinski definition) is 4. The summed E-state index contributed by atoms with van der Waals surface area (Å²) in [7, 11) is 1.33. The van der Waals surface area contributed by atoms with Crippen LogP contribution in [-0.2, 0) is 4.74 Å². The fourth-order valence-electron chi connectivity index (χ4n) is 1.31. The summed E-state index contributed by atoms with van der Waals surface area (Å²) in [5.74, 6) is 0.670. The number of carbonyl (C=O) groups excluding carboxylic acids is 1. The lowest BCUT2D eigenvalue weighted by Crippen LogP contribution is -2.44. The van der Waals surface area contributed by atoms with Crippen LogP contribution in [0.5, 0.6) is 0 Å². The van der Waals surface area contributed by atoms with Gasteiger partial charge in [0, 0.05) is 19.2 Å². The predicted octanol–water partition coefficient (Wildman–Crippen LogP) is 0.206. The third-order valence-electron chi connectivity index (χ3n) is 2.19. The van der Waals surface area contributed by atoms with Crippen molar-refractivity contribution >= 4 is 11.9 Å². The van der Waals surface area contributed by atoms with E-state index in [2.05, 4.69) is 20.5 Å². The van der Waals surface area contributed by atoms with Crippen molar-refractivity contribution in [2.45, 2.75) is 6.04 Å². The van der Waals surface area contributed by atoms with Crippen molar-refractivity contribution in [1.82, 2.24) is 15.1 Å². The van der Waals surface area contributed by atoms with Gasteiger partial charge in [-0.15, -0.1) is 0 Å². The number of anilines is 1. The molecule has 76 valence electrons. The van der Waals surface area contributed by atoms with Gasteiger partial charge in [0.15, 0.2) is 0 Å². The second-order valence-corrected chi connectivity index (χ2v) is 3.09. The summed E-state index contributed by atoms with van der Waals surface area (Å²) >= 11 is 0. The molecule has 0 radical (unpaired) electrons. The number of carbonyl (C=O) groups is 1. The summed E-state index contributed by atoms with van der Waals surface area (Å²) in [6.45, 7) is 1.77. The van der Waals surface area contributed by atoms with Crippen molar-refractivity contribution in [3.05, 3.63) is 12.3 Å². The molecule has 6 nitrogen and oxygen atoms in total. The van der Waals surface area contributed by atoms with Gasteiger partial charge in [-0.25, -0.2) is 9.48 Å². The minimum atomic E-state index is -0.473. The van der Waals surface area contributed by atoms with Crippen LogP contribution >= 0.6 is 0 Å². The summed E-state index contributed by atoms with van der Waals surface area (Å²) < 4.78 is 6.29. The molecule has 0 spiro atoms. The molecule has 1 aromatic heterocycles. The van der Waals surface area contributed by atoms with Crippen LogP contribution < -0.4 is 10.6 Å². The van der Waals surface area contributed by atoms with Crippen LogP contribution in [-0.4, -0.2) is 36.1 Å². The van der Waals surface area contributed by atoms with Crippen molar-refractivity contribution in [1.29, 1.82) is 0 Å². The van der Waals surface area contributed by atoms with Crippen molar-refractivity contribution in [3.8, 4) is 0 Å². The third kappa shape index (κ3) is 1.56. The highest BCUT2D eigenvalue weighted by Crippen LogP contribution is 2.17. The zero-order valence-corrected chi connectivity index (χ0v) is 7.86. The van der Waals surface area contributed by atoms with E-state index in [-0.39, 0.29) is 0 Å². The Hall–Kier alpha value is -1.56. The first-order chi connectivity index (χ1) is 6.81. The molecule has 0 aliphatic carbocycles. The molecule has 0 bridgehead atoms. The van der Waals surface area contributed by atoms with E-state index in [4.69, 9.17) is 0 Å². The summed E-state index contributed by atoms with van der Waals surface area (Å²) in [4.78, 5) is 11.0. The number of nitrogens with zero attached hydrogens (tertiary/aromatic N) is 2. The summed E-state index contributed by atoms with van der Waals surface area (Å²) in [6.07, 6.45) is 1.18. The molecular formula is C8H12N4O2. The molecule has 1 aliphatic rings. The Balaban J connectivity index is 2.08. The molecule has 0 aromatic carbocycles. The van der Waals surface area contributed by atoms with Crippen molar-refractivity contribution < 1.29 is 9.53 Å². The molecule has 0 atom stereocenters. The monoisotopic (exact) mass is 196 g/mol. The Morgan fingerprint density at radius 3 is 3.14 bits per heavy atom. The minimum Gasteiger partial charge on any atom is -0.453 e. The molecular weight excluding hydrogens is 184 g/mol. The molecule has 1 amide bonds.